The second kappa shape index (κ2) is 9.65. The maximum Gasteiger partial charge on any atom is 0.320 e. The number of allylic oxidation sites excluding steroid dienone is 3. The van der Waals surface area contributed by atoms with E-state index in [0.29, 0.717) is 19.3 Å². The second-order valence-electron chi connectivity index (χ2n) is 7.96. The Morgan fingerprint density at radius 3 is 2.77 bits per heavy atom. The van der Waals surface area contributed by atoms with Gasteiger partial charge in [-0.25, -0.2) is 4.79 Å². The molecule has 3 heterocycles. The number of carbonyl (C=O) groups is 1. The maximum atomic E-state index is 13.2. The van der Waals surface area contributed by atoms with Gasteiger partial charge in [-0.3, -0.25) is 0 Å². The largest absolute Gasteiger partial charge is 0.454 e. The molecule has 0 spiro atoms. The summed E-state index contributed by atoms with van der Waals surface area (Å²) in [6, 6.07) is 6.40. The monoisotopic (exact) mass is 426 g/mol. The fourth-order valence-corrected chi connectivity index (χ4v) is 5.38. The third-order valence-electron chi connectivity index (χ3n) is 5.99. The Bertz CT molecular complexity index is 856. The minimum Gasteiger partial charge on any atom is -0.454 e. The molecule has 0 N–H and O–H groups in total. The topological polar surface area (TPSA) is 42.0 Å². The molecule has 0 radical (unpaired) electrons. The summed E-state index contributed by atoms with van der Waals surface area (Å²) >= 11 is 1.82. The highest BCUT2D eigenvalue weighted by Crippen LogP contribution is 2.34. The summed E-state index contributed by atoms with van der Waals surface area (Å²) in [5, 5.41) is 0. The Morgan fingerprint density at radius 1 is 1.20 bits per heavy atom. The first-order valence-electron chi connectivity index (χ1n) is 10.7. The highest BCUT2D eigenvalue weighted by molar-refractivity contribution is 8.03. The van der Waals surface area contributed by atoms with Crippen molar-refractivity contribution < 1.29 is 14.3 Å². The van der Waals surface area contributed by atoms with Crippen LogP contribution in [0.4, 0.5) is 4.79 Å². The summed E-state index contributed by atoms with van der Waals surface area (Å²) in [4.78, 5) is 18.5. The lowest BCUT2D eigenvalue weighted by molar-refractivity contribution is 0.138. The molecule has 30 heavy (non-hydrogen) atoms. The van der Waals surface area contributed by atoms with Crippen LogP contribution in [0.1, 0.15) is 25.3 Å². The Labute approximate surface area is 183 Å². The number of ether oxygens (including phenoxy) is 2. The molecule has 2 saturated heterocycles. The normalized spacial score (nSPS) is 22.4. The molecule has 2 amide bonds. The summed E-state index contributed by atoms with van der Waals surface area (Å²) in [5.41, 5.74) is 2.47. The lowest BCUT2D eigenvalue weighted by atomic mass is 9.90. The molecule has 0 unspecified atom stereocenters. The number of urea groups is 1. The molecule has 160 valence electrons. The Hall–Kier alpha value is -2.34. The van der Waals surface area contributed by atoms with Crippen molar-refractivity contribution in [3.05, 3.63) is 59.0 Å². The van der Waals surface area contributed by atoms with Crippen molar-refractivity contribution in [1.82, 2.24) is 9.80 Å². The van der Waals surface area contributed by atoms with E-state index < -0.39 is 0 Å². The number of fused-ring (bicyclic) bond motifs is 1. The summed E-state index contributed by atoms with van der Waals surface area (Å²) in [6.07, 6.45) is 9.09. The van der Waals surface area contributed by atoms with E-state index >= 15 is 0 Å². The fraction of sp³-hybridized carbons (Fsp3) is 0.458. The van der Waals surface area contributed by atoms with Gasteiger partial charge in [-0.05, 0) is 55.4 Å². The number of carbonyl (C=O) groups excluding carboxylic acids is 1. The quantitative estimate of drug-likeness (QED) is 0.693. The molecule has 4 rings (SSSR count). The number of piperidine rings is 1. The SMILES string of the molecule is C=C/C=C1/CN(C(=O)N2CCC(Cc3ccc4c(c3)OCO4)CC2)CCS/C1=C/C. The molecule has 2 fully saturated rings. The Morgan fingerprint density at radius 2 is 2.00 bits per heavy atom. The molecule has 5 nitrogen and oxygen atoms in total. The van der Waals surface area contributed by atoms with Crippen molar-refractivity contribution >= 4 is 17.8 Å². The van der Waals surface area contributed by atoms with E-state index in [4.69, 9.17) is 9.47 Å². The van der Waals surface area contributed by atoms with E-state index in [2.05, 4.69) is 31.7 Å². The highest BCUT2D eigenvalue weighted by atomic mass is 32.2. The molecule has 0 aliphatic carbocycles. The number of hydrogen-bond donors (Lipinski definition) is 0. The predicted octanol–water partition coefficient (Wildman–Crippen LogP) is 4.85. The van der Waals surface area contributed by atoms with Crippen LogP contribution < -0.4 is 9.47 Å². The zero-order valence-electron chi connectivity index (χ0n) is 17.6. The molecule has 6 heteroatoms. The van der Waals surface area contributed by atoms with Crippen LogP contribution in [0.3, 0.4) is 0 Å². The van der Waals surface area contributed by atoms with E-state index in [1.807, 2.05) is 39.8 Å². The Balaban J connectivity index is 1.32. The van der Waals surface area contributed by atoms with Gasteiger partial charge in [0.25, 0.3) is 0 Å². The number of nitrogens with zero attached hydrogens (tertiary/aromatic N) is 2. The average Bonchev–Trinajstić information content (AvgIpc) is 3.13. The van der Waals surface area contributed by atoms with E-state index in [0.717, 1.165) is 56.1 Å². The molecule has 1 aromatic rings. The number of rotatable bonds is 3. The van der Waals surface area contributed by atoms with Crippen molar-refractivity contribution in [3.63, 3.8) is 0 Å². The van der Waals surface area contributed by atoms with Crippen molar-refractivity contribution in [2.75, 3.05) is 38.7 Å². The van der Waals surface area contributed by atoms with Crippen LogP contribution in [0.5, 0.6) is 11.5 Å². The lowest BCUT2D eigenvalue weighted by Gasteiger charge is -2.35. The van der Waals surface area contributed by atoms with E-state index in [1.165, 1.54) is 16.0 Å². The summed E-state index contributed by atoms with van der Waals surface area (Å²) in [6.45, 7) is 9.31. The van der Waals surface area contributed by atoms with Crippen molar-refractivity contribution in [1.29, 1.82) is 0 Å². The summed E-state index contributed by atoms with van der Waals surface area (Å²) < 4.78 is 10.9. The minimum atomic E-state index is 0.171. The van der Waals surface area contributed by atoms with Gasteiger partial charge in [0, 0.05) is 36.8 Å². The van der Waals surface area contributed by atoms with E-state index in [-0.39, 0.29) is 6.03 Å². The van der Waals surface area contributed by atoms with Crippen LogP contribution in [0.15, 0.2) is 53.5 Å². The van der Waals surface area contributed by atoms with Gasteiger partial charge < -0.3 is 19.3 Å². The number of benzene rings is 1. The number of amides is 2. The smallest absolute Gasteiger partial charge is 0.320 e. The first-order chi connectivity index (χ1) is 14.7. The van der Waals surface area contributed by atoms with Crippen LogP contribution in [0.2, 0.25) is 0 Å². The van der Waals surface area contributed by atoms with Gasteiger partial charge >= 0.3 is 6.03 Å². The minimum absolute atomic E-state index is 0.171. The molecule has 3 aliphatic rings. The summed E-state index contributed by atoms with van der Waals surface area (Å²) in [7, 11) is 0. The van der Waals surface area contributed by atoms with E-state index in [1.54, 1.807) is 0 Å². The summed E-state index contributed by atoms with van der Waals surface area (Å²) in [5.74, 6) is 3.21. The van der Waals surface area contributed by atoms with Crippen molar-refractivity contribution in [3.8, 4) is 11.5 Å². The Kier molecular flexibility index (Phi) is 6.72. The van der Waals surface area contributed by atoms with Crippen molar-refractivity contribution in [2.45, 2.75) is 26.2 Å². The molecule has 1 aromatic carbocycles. The molecule has 0 saturated carbocycles. The van der Waals surface area contributed by atoms with Gasteiger partial charge in [-0.2, -0.15) is 0 Å². The molecule has 0 aromatic heterocycles. The van der Waals surface area contributed by atoms with Crippen LogP contribution in [-0.4, -0.2) is 54.6 Å². The first kappa shape index (κ1) is 20.9. The first-order valence-corrected chi connectivity index (χ1v) is 11.7. The highest BCUT2D eigenvalue weighted by Gasteiger charge is 2.28. The van der Waals surface area contributed by atoms with Gasteiger partial charge in [0.05, 0.1) is 0 Å². The van der Waals surface area contributed by atoms with Crippen LogP contribution in [0, 0.1) is 5.92 Å². The van der Waals surface area contributed by atoms with Crippen LogP contribution in [-0.2, 0) is 6.42 Å². The predicted molar refractivity (Wildman–Crippen MR) is 122 cm³/mol. The molecular weight excluding hydrogens is 396 g/mol. The molecule has 0 atom stereocenters. The van der Waals surface area contributed by atoms with Crippen LogP contribution in [0.25, 0.3) is 0 Å². The molecular formula is C24H30N2O3S. The fourth-order valence-electron chi connectivity index (χ4n) is 4.36. The van der Waals surface area contributed by atoms with E-state index in [9.17, 15) is 4.79 Å². The van der Waals surface area contributed by atoms with Gasteiger partial charge in [0.2, 0.25) is 6.79 Å². The van der Waals surface area contributed by atoms with Crippen LogP contribution >= 0.6 is 11.8 Å². The molecule has 3 aliphatic heterocycles. The van der Waals surface area contributed by atoms with Gasteiger partial charge in [-0.15, -0.1) is 11.8 Å². The number of thioether (sulfide) groups is 1. The lowest BCUT2D eigenvalue weighted by Crippen LogP contribution is -2.47. The van der Waals surface area contributed by atoms with Crippen molar-refractivity contribution in [2.24, 2.45) is 5.92 Å². The maximum absolute atomic E-state index is 13.2. The molecule has 0 bridgehead atoms. The van der Waals surface area contributed by atoms with Gasteiger partial charge in [0.1, 0.15) is 0 Å². The zero-order chi connectivity index (χ0) is 20.9. The zero-order valence-corrected chi connectivity index (χ0v) is 18.5. The number of hydrogen-bond acceptors (Lipinski definition) is 4. The standard InChI is InChI=1S/C24H30N2O3S/c1-3-5-20-16-26(12-13-30-23(20)4-2)24(27)25-10-8-18(9-11-25)14-19-6-7-21-22(15-19)29-17-28-21/h3-7,15,18H,1,8-14,16-17H2,2H3/b20-5-,23-4+. The van der Waals surface area contributed by atoms with Gasteiger partial charge in [-0.1, -0.05) is 30.9 Å². The second-order valence-corrected chi connectivity index (χ2v) is 9.09. The average molecular weight is 427 g/mol. The third kappa shape index (κ3) is 4.69. The van der Waals surface area contributed by atoms with Gasteiger partial charge in [0.15, 0.2) is 11.5 Å². The number of likely N-dealkylation sites (tertiary alicyclic amines) is 1. The third-order valence-corrected chi connectivity index (χ3v) is 7.19.